The number of anilines is 2. The molecule has 1 aliphatic rings. The number of hydrogen-bond acceptors (Lipinski definition) is 3. The van der Waals surface area contributed by atoms with E-state index in [0.717, 1.165) is 17.4 Å². The highest BCUT2D eigenvalue weighted by atomic mass is 16.2. The zero-order chi connectivity index (χ0) is 22.8. The molecule has 5 rings (SSSR count). The van der Waals surface area contributed by atoms with Gasteiger partial charge >= 0.3 is 0 Å². The van der Waals surface area contributed by atoms with Crippen LogP contribution in [0.5, 0.6) is 0 Å². The van der Waals surface area contributed by atoms with Crippen molar-refractivity contribution in [1.29, 1.82) is 0 Å². The molecule has 1 unspecified atom stereocenters. The second kappa shape index (κ2) is 8.63. The predicted octanol–water partition coefficient (Wildman–Crippen LogP) is 3.77. The third-order valence-electron chi connectivity index (χ3n) is 5.69. The molecule has 3 aromatic carbocycles. The summed E-state index contributed by atoms with van der Waals surface area (Å²) in [7, 11) is 0. The summed E-state index contributed by atoms with van der Waals surface area (Å²) < 4.78 is 2.15. The van der Waals surface area contributed by atoms with Gasteiger partial charge in [0.25, 0.3) is 5.91 Å². The molecule has 0 saturated carbocycles. The lowest BCUT2D eigenvalue weighted by Gasteiger charge is -2.14. The molecule has 0 aliphatic carbocycles. The molecule has 7 nitrogen and oxygen atoms in total. The maximum Gasteiger partial charge on any atom is 0.254 e. The fourth-order valence-electron chi connectivity index (χ4n) is 4.05. The summed E-state index contributed by atoms with van der Waals surface area (Å²) in [4.78, 5) is 37.6. The van der Waals surface area contributed by atoms with Crippen molar-refractivity contribution in [3.05, 3.63) is 96.2 Å². The number of carbonyl (C=O) groups excluding carboxylic acids is 3. The Morgan fingerprint density at radius 1 is 0.939 bits per heavy atom. The summed E-state index contributed by atoms with van der Waals surface area (Å²) in [5, 5.41) is 9.19. The van der Waals surface area contributed by atoms with Crippen LogP contribution < -0.4 is 16.0 Å². The van der Waals surface area contributed by atoms with Crippen molar-refractivity contribution in [3.63, 3.8) is 0 Å². The predicted molar refractivity (Wildman–Crippen MR) is 127 cm³/mol. The second-order valence-corrected chi connectivity index (χ2v) is 8.02. The van der Waals surface area contributed by atoms with Crippen LogP contribution in [0.15, 0.2) is 85.1 Å². The van der Waals surface area contributed by atoms with Crippen molar-refractivity contribution in [1.82, 2.24) is 9.88 Å². The molecule has 1 aliphatic heterocycles. The van der Waals surface area contributed by atoms with Crippen molar-refractivity contribution in [2.45, 2.75) is 19.0 Å². The molecule has 33 heavy (non-hydrogen) atoms. The van der Waals surface area contributed by atoms with E-state index in [1.807, 2.05) is 48.7 Å². The molecular formula is C26H22N4O3. The van der Waals surface area contributed by atoms with Crippen LogP contribution >= 0.6 is 0 Å². The van der Waals surface area contributed by atoms with Gasteiger partial charge in [-0.05, 0) is 42.0 Å². The largest absolute Gasteiger partial charge is 0.343 e. The Morgan fingerprint density at radius 2 is 1.73 bits per heavy atom. The van der Waals surface area contributed by atoms with E-state index < -0.39 is 11.9 Å². The lowest BCUT2D eigenvalue weighted by Crippen LogP contribution is -2.43. The van der Waals surface area contributed by atoms with Crippen molar-refractivity contribution in [2.75, 3.05) is 10.6 Å². The van der Waals surface area contributed by atoms with E-state index in [0.29, 0.717) is 16.9 Å². The lowest BCUT2D eigenvalue weighted by atomic mass is 10.1. The highest BCUT2D eigenvalue weighted by molar-refractivity contribution is 6.11. The summed E-state index contributed by atoms with van der Waals surface area (Å²) in [5.74, 6) is -1.16. The normalized spacial score (nSPS) is 15.3. The molecule has 4 aromatic rings. The summed E-state index contributed by atoms with van der Waals surface area (Å²) in [6.07, 6.45) is 1.85. The Morgan fingerprint density at radius 3 is 2.58 bits per heavy atom. The first-order valence-corrected chi connectivity index (χ1v) is 10.7. The Labute approximate surface area is 190 Å². The van der Waals surface area contributed by atoms with Gasteiger partial charge in [-0.1, -0.05) is 42.5 Å². The monoisotopic (exact) mass is 438 g/mol. The van der Waals surface area contributed by atoms with E-state index in [1.54, 1.807) is 24.3 Å². The van der Waals surface area contributed by atoms with E-state index in [4.69, 9.17) is 0 Å². The van der Waals surface area contributed by atoms with Gasteiger partial charge in [-0.3, -0.25) is 14.4 Å². The van der Waals surface area contributed by atoms with E-state index in [-0.39, 0.29) is 18.2 Å². The quantitative estimate of drug-likeness (QED) is 0.443. The van der Waals surface area contributed by atoms with Crippen molar-refractivity contribution in [2.24, 2.45) is 0 Å². The topological polar surface area (TPSA) is 92.2 Å². The van der Waals surface area contributed by atoms with Crippen LogP contribution in [0.3, 0.4) is 0 Å². The summed E-state index contributed by atoms with van der Waals surface area (Å²) in [6.45, 7) is 0.759. The minimum absolute atomic E-state index is 0.168. The molecule has 0 spiro atoms. The SMILES string of the molecule is O=C(CC1NC(=O)c2ccccc2NC1=O)Nc1ccc2c(ccn2Cc2ccccc2)c1. The van der Waals surface area contributed by atoms with E-state index in [1.165, 1.54) is 5.56 Å². The summed E-state index contributed by atoms with van der Waals surface area (Å²) >= 11 is 0. The van der Waals surface area contributed by atoms with E-state index in [2.05, 4.69) is 32.7 Å². The van der Waals surface area contributed by atoms with Gasteiger partial charge in [0.15, 0.2) is 0 Å². The number of amides is 3. The standard InChI is InChI=1S/C26H22N4O3/c31-24(15-22-26(33)28-21-9-5-4-8-20(21)25(32)29-22)27-19-10-11-23-18(14-19)12-13-30(23)16-17-6-2-1-3-7-17/h1-14,22H,15-16H2,(H,27,31)(H,28,33)(H,29,32). The van der Waals surface area contributed by atoms with Crippen LogP contribution in [0.25, 0.3) is 10.9 Å². The molecule has 7 heteroatoms. The average Bonchev–Trinajstić information content (AvgIpc) is 3.16. The smallest absolute Gasteiger partial charge is 0.254 e. The number of nitrogens with zero attached hydrogens (tertiary/aromatic N) is 1. The van der Waals surface area contributed by atoms with Crippen LogP contribution in [0.4, 0.5) is 11.4 Å². The van der Waals surface area contributed by atoms with E-state index >= 15 is 0 Å². The van der Waals surface area contributed by atoms with Gasteiger partial charge in [0.1, 0.15) is 6.04 Å². The number of para-hydroxylation sites is 1. The van der Waals surface area contributed by atoms with E-state index in [9.17, 15) is 14.4 Å². The molecule has 0 radical (unpaired) electrons. The number of benzene rings is 3. The van der Waals surface area contributed by atoms with Crippen LogP contribution in [0.2, 0.25) is 0 Å². The molecule has 3 N–H and O–H groups in total. The molecule has 1 aromatic heterocycles. The lowest BCUT2D eigenvalue weighted by molar-refractivity contribution is -0.122. The molecule has 164 valence electrons. The molecule has 3 amide bonds. The maximum absolute atomic E-state index is 12.7. The Balaban J connectivity index is 1.27. The van der Waals surface area contributed by atoms with Crippen LogP contribution in [0, 0.1) is 0 Å². The first kappa shape index (κ1) is 20.5. The maximum atomic E-state index is 12.7. The minimum Gasteiger partial charge on any atom is -0.343 e. The molecule has 2 heterocycles. The number of hydrogen-bond donors (Lipinski definition) is 3. The van der Waals surface area contributed by atoms with Gasteiger partial charge in [-0.15, -0.1) is 0 Å². The molecular weight excluding hydrogens is 416 g/mol. The summed E-state index contributed by atoms with van der Waals surface area (Å²) in [5.41, 5.74) is 3.71. The first-order chi connectivity index (χ1) is 16.1. The fourth-order valence-corrected chi connectivity index (χ4v) is 4.05. The first-order valence-electron chi connectivity index (χ1n) is 10.7. The Bertz CT molecular complexity index is 1360. The van der Waals surface area contributed by atoms with Gasteiger partial charge < -0.3 is 20.5 Å². The van der Waals surface area contributed by atoms with Gasteiger partial charge in [-0.25, -0.2) is 0 Å². The minimum atomic E-state index is -0.958. The zero-order valence-corrected chi connectivity index (χ0v) is 17.7. The van der Waals surface area contributed by atoms with Crippen LogP contribution in [-0.4, -0.2) is 28.3 Å². The fraction of sp³-hybridized carbons (Fsp3) is 0.115. The van der Waals surface area contributed by atoms with Crippen molar-refractivity contribution < 1.29 is 14.4 Å². The second-order valence-electron chi connectivity index (χ2n) is 8.02. The molecule has 0 fully saturated rings. The zero-order valence-electron chi connectivity index (χ0n) is 17.7. The number of aromatic nitrogens is 1. The third-order valence-corrected chi connectivity index (χ3v) is 5.69. The van der Waals surface area contributed by atoms with Crippen molar-refractivity contribution in [3.8, 4) is 0 Å². The van der Waals surface area contributed by atoms with Crippen LogP contribution in [-0.2, 0) is 16.1 Å². The average molecular weight is 438 g/mol. The van der Waals surface area contributed by atoms with Gasteiger partial charge in [0.05, 0.1) is 17.7 Å². The van der Waals surface area contributed by atoms with Crippen LogP contribution in [0.1, 0.15) is 22.3 Å². The van der Waals surface area contributed by atoms with Gasteiger partial charge in [0.2, 0.25) is 11.8 Å². The molecule has 0 saturated heterocycles. The Hall–Kier alpha value is -4.39. The summed E-state index contributed by atoms with van der Waals surface area (Å²) in [6, 6.07) is 23.7. The highest BCUT2D eigenvalue weighted by Gasteiger charge is 2.29. The molecule has 1 atom stereocenters. The van der Waals surface area contributed by atoms with Gasteiger partial charge in [-0.2, -0.15) is 0 Å². The van der Waals surface area contributed by atoms with Gasteiger partial charge in [0, 0.05) is 29.3 Å². The molecule has 0 bridgehead atoms. The number of carbonyl (C=O) groups is 3. The number of fused-ring (bicyclic) bond motifs is 2. The number of rotatable bonds is 5. The van der Waals surface area contributed by atoms with Crippen molar-refractivity contribution >= 4 is 40.0 Å². The Kier molecular flexibility index (Phi) is 5.36. The number of nitrogens with one attached hydrogen (secondary N) is 3. The highest BCUT2D eigenvalue weighted by Crippen LogP contribution is 2.23. The third kappa shape index (κ3) is 4.34.